The summed E-state index contributed by atoms with van der Waals surface area (Å²) in [5.74, 6) is 1.78. The Hall–Kier alpha value is -1.88. The Bertz CT molecular complexity index is 535. The van der Waals surface area contributed by atoms with Gasteiger partial charge in [0, 0.05) is 5.56 Å². The molecule has 0 amide bonds. The van der Waals surface area contributed by atoms with Crippen molar-refractivity contribution < 1.29 is 9.15 Å². The fraction of sp³-hybridized carbons (Fsp3) is 0.333. The van der Waals surface area contributed by atoms with Crippen molar-refractivity contribution in [1.29, 1.82) is 0 Å². The summed E-state index contributed by atoms with van der Waals surface area (Å²) in [6.45, 7) is 4.25. The Morgan fingerprint density at radius 2 is 2.00 bits per heavy atom. The van der Waals surface area contributed by atoms with Gasteiger partial charge in [0.05, 0.1) is 13.7 Å². The van der Waals surface area contributed by atoms with E-state index in [4.69, 9.17) is 14.9 Å². The highest BCUT2D eigenvalue weighted by atomic mass is 16.5. The van der Waals surface area contributed by atoms with Gasteiger partial charge in [0.25, 0.3) is 0 Å². The van der Waals surface area contributed by atoms with E-state index in [2.05, 4.69) is 10.2 Å². The smallest absolute Gasteiger partial charge is 0.248 e. The predicted octanol–water partition coefficient (Wildman–Crippen LogP) is 1.82. The number of methoxy groups -OCH3 is 1. The fourth-order valence-electron chi connectivity index (χ4n) is 1.69. The summed E-state index contributed by atoms with van der Waals surface area (Å²) in [6, 6.07) is 3.80. The van der Waals surface area contributed by atoms with Crippen LogP contribution in [0.25, 0.3) is 11.5 Å². The molecule has 2 aromatic rings. The maximum Gasteiger partial charge on any atom is 0.248 e. The normalized spacial score (nSPS) is 10.6. The molecule has 1 aromatic heterocycles. The van der Waals surface area contributed by atoms with Gasteiger partial charge in [0.1, 0.15) is 5.75 Å². The highest BCUT2D eigenvalue weighted by Crippen LogP contribution is 2.30. The minimum Gasteiger partial charge on any atom is -0.496 e. The monoisotopic (exact) mass is 233 g/mol. The number of benzene rings is 1. The summed E-state index contributed by atoms with van der Waals surface area (Å²) >= 11 is 0. The van der Waals surface area contributed by atoms with Gasteiger partial charge in [-0.3, -0.25) is 0 Å². The molecule has 0 saturated heterocycles. The number of nitrogens with zero attached hydrogens (tertiary/aromatic N) is 2. The third-order valence-corrected chi connectivity index (χ3v) is 2.83. The predicted molar refractivity (Wildman–Crippen MR) is 63.7 cm³/mol. The highest BCUT2D eigenvalue weighted by molar-refractivity contribution is 5.62. The van der Waals surface area contributed by atoms with Crippen LogP contribution in [-0.4, -0.2) is 17.3 Å². The van der Waals surface area contributed by atoms with Crippen LogP contribution in [0.15, 0.2) is 16.5 Å². The summed E-state index contributed by atoms with van der Waals surface area (Å²) < 4.78 is 10.7. The molecule has 5 nitrogen and oxygen atoms in total. The summed E-state index contributed by atoms with van der Waals surface area (Å²) in [7, 11) is 1.65. The first-order valence-corrected chi connectivity index (χ1v) is 5.34. The van der Waals surface area contributed by atoms with Crippen molar-refractivity contribution in [3.8, 4) is 17.2 Å². The van der Waals surface area contributed by atoms with Crippen LogP contribution < -0.4 is 10.5 Å². The Labute approximate surface area is 99.6 Å². The molecule has 0 aliphatic heterocycles. The highest BCUT2D eigenvalue weighted by Gasteiger charge is 2.13. The van der Waals surface area contributed by atoms with Crippen LogP contribution in [0, 0.1) is 13.8 Å². The van der Waals surface area contributed by atoms with E-state index < -0.39 is 0 Å². The molecule has 1 aromatic carbocycles. The number of rotatable bonds is 3. The molecule has 5 heteroatoms. The quantitative estimate of drug-likeness (QED) is 0.875. The largest absolute Gasteiger partial charge is 0.496 e. The lowest BCUT2D eigenvalue weighted by molar-refractivity contribution is 0.411. The summed E-state index contributed by atoms with van der Waals surface area (Å²) in [6.07, 6.45) is 0. The summed E-state index contributed by atoms with van der Waals surface area (Å²) in [5.41, 5.74) is 8.48. The Balaban J connectivity index is 2.49. The second-order valence-electron chi connectivity index (χ2n) is 3.77. The van der Waals surface area contributed by atoms with E-state index in [1.54, 1.807) is 7.11 Å². The van der Waals surface area contributed by atoms with Crippen LogP contribution in [0.5, 0.6) is 5.75 Å². The molecule has 1 heterocycles. The van der Waals surface area contributed by atoms with Crippen LogP contribution >= 0.6 is 0 Å². The topological polar surface area (TPSA) is 74.2 Å². The van der Waals surface area contributed by atoms with Crippen LogP contribution in [0.3, 0.4) is 0 Å². The maximum atomic E-state index is 5.44. The number of hydrogen-bond acceptors (Lipinski definition) is 5. The number of hydrogen-bond donors (Lipinski definition) is 1. The fourth-order valence-corrected chi connectivity index (χ4v) is 1.69. The molecular weight excluding hydrogens is 218 g/mol. The van der Waals surface area contributed by atoms with E-state index in [1.165, 1.54) is 0 Å². The number of ether oxygens (including phenoxy) is 1. The van der Waals surface area contributed by atoms with Crippen molar-refractivity contribution in [2.24, 2.45) is 5.73 Å². The van der Waals surface area contributed by atoms with Crippen molar-refractivity contribution in [2.75, 3.05) is 7.11 Å². The van der Waals surface area contributed by atoms with Crippen molar-refractivity contribution in [2.45, 2.75) is 20.4 Å². The second kappa shape index (κ2) is 4.55. The first-order chi connectivity index (χ1) is 8.17. The number of nitrogens with two attached hydrogens (primary N) is 1. The van der Waals surface area contributed by atoms with Gasteiger partial charge in [-0.1, -0.05) is 0 Å². The summed E-state index contributed by atoms with van der Waals surface area (Å²) in [5, 5.41) is 7.83. The van der Waals surface area contributed by atoms with Gasteiger partial charge in [-0.05, 0) is 37.1 Å². The lowest BCUT2D eigenvalue weighted by Crippen LogP contribution is -1.95. The van der Waals surface area contributed by atoms with Crippen molar-refractivity contribution >= 4 is 0 Å². The minimum absolute atomic E-state index is 0.251. The van der Waals surface area contributed by atoms with Gasteiger partial charge in [-0.2, -0.15) is 0 Å². The first-order valence-electron chi connectivity index (χ1n) is 5.34. The molecule has 0 unspecified atom stereocenters. The molecule has 90 valence electrons. The first kappa shape index (κ1) is 11.6. The van der Waals surface area contributed by atoms with E-state index in [1.807, 2.05) is 26.0 Å². The van der Waals surface area contributed by atoms with Gasteiger partial charge in [-0.15, -0.1) is 10.2 Å². The lowest BCUT2D eigenvalue weighted by Gasteiger charge is -2.09. The van der Waals surface area contributed by atoms with Crippen LogP contribution in [0.4, 0.5) is 0 Å². The molecule has 0 spiro atoms. The molecule has 0 atom stereocenters. The lowest BCUT2D eigenvalue weighted by atomic mass is 10.0. The molecule has 2 N–H and O–H groups in total. The molecule has 17 heavy (non-hydrogen) atoms. The maximum absolute atomic E-state index is 5.44. The van der Waals surface area contributed by atoms with E-state index in [-0.39, 0.29) is 6.54 Å². The average Bonchev–Trinajstić information content (AvgIpc) is 2.81. The zero-order valence-corrected chi connectivity index (χ0v) is 10.2. The molecule has 2 rings (SSSR count). The standard InChI is InChI=1S/C12H15N3O2/c1-7-8(2)10(16-3)5-4-9(7)12-15-14-11(6-13)17-12/h4-5H,6,13H2,1-3H3. The van der Waals surface area contributed by atoms with E-state index >= 15 is 0 Å². The Morgan fingerprint density at radius 3 is 2.59 bits per heavy atom. The molecular formula is C12H15N3O2. The number of aromatic nitrogens is 2. The Morgan fingerprint density at radius 1 is 1.24 bits per heavy atom. The molecule has 0 fully saturated rings. The average molecular weight is 233 g/mol. The van der Waals surface area contributed by atoms with Crippen LogP contribution in [0.1, 0.15) is 17.0 Å². The van der Waals surface area contributed by atoms with E-state index in [0.29, 0.717) is 11.8 Å². The van der Waals surface area contributed by atoms with Crippen molar-refractivity contribution in [3.05, 3.63) is 29.2 Å². The zero-order chi connectivity index (χ0) is 12.4. The van der Waals surface area contributed by atoms with Gasteiger partial charge >= 0.3 is 0 Å². The second-order valence-corrected chi connectivity index (χ2v) is 3.77. The molecule has 0 saturated carbocycles. The van der Waals surface area contributed by atoms with Gasteiger partial charge in [0.15, 0.2) is 0 Å². The minimum atomic E-state index is 0.251. The van der Waals surface area contributed by atoms with Gasteiger partial charge in [0.2, 0.25) is 11.8 Å². The van der Waals surface area contributed by atoms with Crippen LogP contribution in [0.2, 0.25) is 0 Å². The molecule has 0 aliphatic rings. The van der Waals surface area contributed by atoms with Crippen molar-refractivity contribution in [1.82, 2.24) is 10.2 Å². The third kappa shape index (κ3) is 2.01. The van der Waals surface area contributed by atoms with Crippen LogP contribution in [-0.2, 0) is 6.54 Å². The van der Waals surface area contributed by atoms with E-state index in [9.17, 15) is 0 Å². The van der Waals surface area contributed by atoms with Gasteiger partial charge in [-0.25, -0.2) is 0 Å². The van der Waals surface area contributed by atoms with E-state index in [0.717, 1.165) is 22.4 Å². The molecule has 0 bridgehead atoms. The summed E-state index contributed by atoms with van der Waals surface area (Å²) in [4.78, 5) is 0. The zero-order valence-electron chi connectivity index (χ0n) is 10.2. The van der Waals surface area contributed by atoms with Crippen molar-refractivity contribution in [3.63, 3.8) is 0 Å². The third-order valence-electron chi connectivity index (χ3n) is 2.83. The SMILES string of the molecule is COc1ccc(-c2nnc(CN)o2)c(C)c1C. The molecule has 0 aliphatic carbocycles. The Kier molecular flexibility index (Phi) is 3.10. The molecule has 0 radical (unpaired) electrons. The van der Waals surface area contributed by atoms with Gasteiger partial charge < -0.3 is 14.9 Å².